The van der Waals surface area contributed by atoms with E-state index >= 15 is 0 Å². The van der Waals surface area contributed by atoms with Crippen LogP contribution >= 0.6 is 7.82 Å². The van der Waals surface area contributed by atoms with Crippen LogP contribution in [-0.2, 0) is 34.4 Å². The molecule has 0 bridgehead atoms. The number of phosphoric acid groups is 1. The Bertz CT molecular complexity index is 859. The third-order valence-electron chi connectivity index (χ3n) is 8.03. The second-order valence-electron chi connectivity index (χ2n) is 12.3. The molecule has 1 rings (SSSR count). The summed E-state index contributed by atoms with van der Waals surface area (Å²) in [5.74, 6) is -0.352. The second-order valence-corrected chi connectivity index (χ2v) is 13.7. The van der Waals surface area contributed by atoms with Crippen LogP contribution in [0.2, 0.25) is 0 Å². The number of pyridine rings is 1. The van der Waals surface area contributed by atoms with Crippen molar-refractivity contribution in [1.29, 1.82) is 0 Å². The van der Waals surface area contributed by atoms with E-state index in [2.05, 4.69) is 13.8 Å². The van der Waals surface area contributed by atoms with Crippen LogP contribution in [-0.4, -0.2) is 55.1 Å². The molecular weight excluding hydrogens is 593 g/mol. The molecule has 0 saturated carbocycles. The van der Waals surface area contributed by atoms with E-state index in [0.717, 1.165) is 12.8 Å². The second kappa shape index (κ2) is 28.8. The number of aliphatic carboxylic acids is 1. The van der Waals surface area contributed by atoms with Gasteiger partial charge in [-0.2, -0.15) is 0 Å². The zero-order valence-electron chi connectivity index (χ0n) is 28.5. The molecule has 45 heavy (non-hydrogen) atoms. The van der Waals surface area contributed by atoms with Gasteiger partial charge >= 0.3 is 13.8 Å². The smallest absolute Gasteiger partial charge is 0.472 e. The highest BCUT2D eigenvalue weighted by atomic mass is 31.2. The molecule has 0 amide bonds. The minimum Gasteiger partial charge on any atom is -0.481 e. The first-order chi connectivity index (χ1) is 21.9. The first kappa shape index (κ1) is 41.7. The molecule has 0 aromatic carbocycles. The minimum absolute atomic E-state index is 0.0263. The quantitative estimate of drug-likeness (QED) is 0.0438. The molecule has 0 aliphatic carbocycles. The lowest BCUT2D eigenvalue weighted by Crippen LogP contribution is -2.34. The SMILES string of the molecule is CCCCCCCCCCC(CCCCCCCC)COCC(COP(=O)(O)OCC[n+]1ccccc1)OCCCCC(=O)O. The summed E-state index contributed by atoms with van der Waals surface area (Å²) in [6, 6.07) is 5.65. The van der Waals surface area contributed by atoms with Crippen molar-refractivity contribution in [1.82, 2.24) is 0 Å². The third kappa shape index (κ3) is 26.4. The number of unbranched alkanes of at least 4 members (excludes halogenated alkanes) is 13. The number of carboxylic acid groups (broad SMARTS) is 1. The van der Waals surface area contributed by atoms with Crippen molar-refractivity contribution < 1.29 is 42.4 Å². The molecule has 0 radical (unpaired) electrons. The van der Waals surface area contributed by atoms with E-state index in [9.17, 15) is 14.3 Å². The molecule has 10 heteroatoms. The third-order valence-corrected chi connectivity index (χ3v) is 9.02. The van der Waals surface area contributed by atoms with Crippen LogP contribution in [0.5, 0.6) is 0 Å². The standard InChI is InChI=1S/C35H64NO8P/c1-3-5-7-9-11-12-14-17-23-33(22-16-13-10-8-6-4-2)30-41-31-34(42-28-21-18-24-35(37)38)32-44-45(39,40)43-29-27-36-25-19-15-20-26-36/h15,19-20,25-26,33-34H,3-14,16-18,21-24,27-32H2,1-2H3,(H-,37,38,39,40)/p+1. The average molecular weight is 659 g/mol. The van der Waals surface area contributed by atoms with Gasteiger partial charge in [-0.05, 0) is 31.6 Å². The maximum Gasteiger partial charge on any atom is 0.472 e. The summed E-state index contributed by atoms with van der Waals surface area (Å²) in [5, 5.41) is 8.90. The molecule has 0 saturated heterocycles. The van der Waals surface area contributed by atoms with Crippen LogP contribution in [0.25, 0.3) is 0 Å². The molecule has 1 aromatic rings. The highest BCUT2D eigenvalue weighted by molar-refractivity contribution is 7.47. The van der Waals surface area contributed by atoms with E-state index in [1.807, 2.05) is 35.2 Å². The molecule has 0 aliphatic rings. The van der Waals surface area contributed by atoms with Crippen LogP contribution in [0.4, 0.5) is 0 Å². The van der Waals surface area contributed by atoms with E-state index in [1.54, 1.807) is 0 Å². The van der Waals surface area contributed by atoms with Crippen molar-refractivity contribution in [3.8, 4) is 0 Å². The van der Waals surface area contributed by atoms with Crippen molar-refractivity contribution in [2.45, 2.75) is 148 Å². The van der Waals surface area contributed by atoms with Crippen LogP contribution in [0.1, 0.15) is 136 Å². The van der Waals surface area contributed by atoms with Gasteiger partial charge in [0.1, 0.15) is 12.7 Å². The van der Waals surface area contributed by atoms with Gasteiger partial charge in [0.2, 0.25) is 0 Å². The van der Waals surface area contributed by atoms with Gasteiger partial charge in [-0.3, -0.25) is 13.8 Å². The number of nitrogens with zero attached hydrogens (tertiary/aromatic N) is 1. The zero-order chi connectivity index (χ0) is 32.9. The van der Waals surface area contributed by atoms with Crippen LogP contribution in [0.15, 0.2) is 30.6 Å². The van der Waals surface area contributed by atoms with Crippen LogP contribution in [0.3, 0.4) is 0 Å². The van der Waals surface area contributed by atoms with E-state index in [0.29, 0.717) is 38.5 Å². The van der Waals surface area contributed by atoms with E-state index in [-0.39, 0.29) is 26.2 Å². The Morgan fingerprint density at radius 3 is 1.87 bits per heavy atom. The van der Waals surface area contributed by atoms with E-state index < -0.39 is 19.9 Å². The minimum atomic E-state index is -4.28. The number of carbonyl (C=O) groups is 1. The lowest BCUT2D eigenvalue weighted by Gasteiger charge is -2.22. The van der Waals surface area contributed by atoms with Gasteiger partial charge < -0.3 is 19.5 Å². The van der Waals surface area contributed by atoms with E-state index in [1.165, 1.54) is 89.9 Å². The Labute approximate surface area is 274 Å². The molecule has 3 unspecified atom stereocenters. The Kier molecular flexibility index (Phi) is 26.7. The number of phosphoric ester groups is 1. The maximum absolute atomic E-state index is 12.5. The van der Waals surface area contributed by atoms with E-state index in [4.69, 9.17) is 23.6 Å². The fraction of sp³-hybridized carbons (Fsp3) is 0.829. The number of ether oxygens (including phenoxy) is 2. The fourth-order valence-corrected chi connectivity index (χ4v) is 6.03. The Morgan fingerprint density at radius 2 is 1.29 bits per heavy atom. The molecule has 2 N–H and O–H groups in total. The van der Waals surface area contributed by atoms with Gasteiger partial charge in [0.05, 0.1) is 13.2 Å². The van der Waals surface area contributed by atoms with Gasteiger partial charge in [0.15, 0.2) is 18.9 Å². The summed E-state index contributed by atoms with van der Waals surface area (Å²) in [6.45, 7) is 5.99. The molecule has 0 aliphatic heterocycles. The summed E-state index contributed by atoms with van der Waals surface area (Å²) in [4.78, 5) is 21.1. The topological polar surface area (TPSA) is 115 Å². The largest absolute Gasteiger partial charge is 0.481 e. The predicted octanol–water partition coefficient (Wildman–Crippen LogP) is 8.66. The maximum atomic E-state index is 12.5. The first-order valence-electron chi connectivity index (χ1n) is 17.8. The molecule has 1 heterocycles. The molecule has 3 atom stereocenters. The van der Waals surface area contributed by atoms with Gasteiger partial charge in [-0.1, -0.05) is 110 Å². The Hall–Kier alpha value is -1.35. The normalized spacial score (nSPS) is 14.3. The highest BCUT2D eigenvalue weighted by Crippen LogP contribution is 2.43. The summed E-state index contributed by atoms with van der Waals surface area (Å²) in [7, 11) is -4.28. The molecule has 1 aromatic heterocycles. The van der Waals surface area contributed by atoms with Gasteiger partial charge in [0.25, 0.3) is 0 Å². The average Bonchev–Trinajstić information content (AvgIpc) is 3.02. The summed E-state index contributed by atoms with van der Waals surface area (Å²) >= 11 is 0. The van der Waals surface area contributed by atoms with Crippen molar-refractivity contribution in [2.24, 2.45) is 5.92 Å². The Balaban J connectivity index is 2.56. The summed E-state index contributed by atoms with van der Waals surface area (Å²) in [6.07, 6.45) is 24.7. The lowest BCUT2D eigenvalue weighted by atomic mass is 9.94. The van der Waals surface area contributed by atoms with Crippen molar-refractivity contribution in [3.63, 3.8) is 0 Å². The molecule has 0 fully saturated rings. The summed E-state index contributed by atoms with van der Waals surface area (Å²) in [5.41, 5.74) is 0. The zero-order valence-corrected chi connectivity index (χ0v) is 29.4. The first-order valence-corrected chi connectivity index (χ1v) is 19.3. The monoisotopic (exact) mass is 658 g/mol. The number of aromatic nitrogens is 1. The molecule has 262 valence electrons. The fourth-order valence-electron chi connectivity index (χ4n) is 5.29. The van der Waals surface area contributed by atoms with Gasteiger partial charge in [-0.15, -0.1) is 0 Å². The van der Waals surface area contributed by atoms with Crippen molar-refractivity contribution >= 4 is 13.8 Å². The molecule has 0 spiro atoms. The number of carboxylic acids is 1. The number of hydrogen-bond donors (Lipinski definition) is 2. The Morgan fingerprint density at radius 1 is 0.711 bits per heavy atom. The highest BCUT2D eigenvalue weighted by Gasteiger charge is 2.25. The molecule has 9 nitrogen and oxygen atoms in total. The summed E-state index contributed by atoms with van der Waals surface area (Å²) < 4.78 is 37.0. The number of hydrogen-bond acceptors (Lipinski definition) is 6. The van der Waals surface area contributed by atoms with Crippen LogP contribution < -0.4 is 4.57 Å². The van der Waals surface area contributed by atoms with Gasteiger partial charge in [0, 0.05) is 31.8 Å². The predicted molar refractivity (Wildman–Crippen MR) is 179 cm³/mol. The van der Waals surface area contributed by atoms with Crippen molar-refractivity contribution in [2.75, 3.05) is 33.0 Å². The lowest BCUT2D eigenvalue weighted by molar-refractivity contribution is -0.697. The number of rotatable bonds is 33. The molecular formula is C35H65NO8P+. The van der Waals surface area contributed by atoms with Crippen LogP contribution in [0, 0.1) is 5.92 Å². The van der Waals surface area contributed by atoms with Gasteiger partial charge in [-0.25, -0.2) is 9.13 Å². The van der Waals surface area contributed by atoms with Crippen molar-refractivity contribution in [3.05, 3.63) is 30.6 Å².